The van der Waals surface area contributed by atoms with Crippen LogP contribution in [0.2, 0.25) is 0 Å². The fourth-order valence-corrected chi connectivity index (χ4v) is 1.53. The number of nitrogens with zero attached hydrogens (tertiary/aromatic N) is 1. The number of ketones is 1. The molecule has 0 bridgehead atoms. The minimum atomic E-state index is -0.128. The van der Waals surface area contributed by atoms with E-state index in [2.05, 4.69) is 15.9 Å². The summed E-state index contributed by atoms with van der Waals surface area (Å²) in [6, 6.07) is 5.30. The average Bonchev–Trinajstić information content (AvgIpc) is 2.15. The van der Waals surface area contributed by atoms with Gasteiger partial charge in [0.2, 0.25) is 0 Å². The topological polar surface area (TPSA) is 66.9 Å². The first-order valence-corrected chi connectivity index (χ1v) is 5.11. The lowest BCUT2D eigenvalue weighted by Crippen LogP contribution is -2.06. The highest BCUT2D eigenvalue weighted by atomic mass is 79.9. The molecule has 0 saturated carbocycles. The summed E-state index contributed by atoms with van der Waals surface area (Å²) < 4.78 is 0. The van der Waals surface area contributed by atoms with Crippen LogP contribution in [0.3, 0.4) is 0 Å². The molecular formula is C10H9BrN2O. The van der Waals surface area contributed by atoms with E-state index in [0.29, 0.717) is 11.3 Å². The van der Waals surface area contributed by atoms with Crippen molar-refractivity contribution in [3.63, 3.8) is 0 Å². The molecule has 2 N–H and O–H groups in total. The number of nitrogen functional groups attached to an aromatic ring is 1. The third kappa shape index (κ3) is 1.94. The number of hydrogen-bond acceptors (Lipinski definition) is 3. The van der Waals surface area contributed by atoms with Gasteiger partial charge in [0.25, 0.3) is 0 Å². The van der Waals surface area contributed by atoms with E-state index < -0.39 is 0 Å². The summed E-state index contributed by atoms with van der Waals surface area (Å²) in [6.45, 7) is 1.84. The van der Waals surface area contributed by atoms with E-state index in [1.807, 2.05) is 13.0 Å². The van der Waals surface area contributed by atoms with Gasteiger partial charge in [-0.25, -0.2) is 0 Å². The van der Waals surface area contributed by atoms with Gasteiger partial charge in [-0.05, 0) is 24.6 Å². The maximum atomic E-state index is 11.4. The number of benzene rings is 1. The number of Topliss-reactive ketones (excluding diaryl/α,β-unsaturated/α-hetero) is 1. The highest BCUT2D eigenvalue weighted by molar-refractivity contribution is 9.09. The first-order chi connectivity index (χ1) is 6.60. The number of anilines is 1. The summed E-state index contributed by atoms with van der Waals surface area (Å²) in [5.74, 6) is -0.128. The molecule has 0 amide bonds. The maximum absolute atomic E-state index is 11.4. The van der Waals surface area contributed by atoms with E-state index in [1.54, 1.807) is 12.1 Å². The number of alkyl halides is 1. The predicted molar refractivity (Wildman–Crippen MR) is 58.4 cm³/mol. The van der Waals surface area contributed by atoms with Crippen molar-refractivity contribution >= 4 is 27.4 Å². The van der Waals surface area contributed by atoms with Crippen molar-refractivity contribution in [2.75, 3.05) is 11.1 Å². The molecule has 0 aromatic heterocycles. The van der Waals surface area contributed by atoms with Crippen LogP contribution in [0.25, 0.3) is 0 Å². The molecule has 3 nitrogen and oxygen atoms in total. The molecule has 0 heterocycles. The Morgan fingerprint density at radius 1 is 1.64 bits per heavy atom. The van der Waals surface area contributed by atoms with E-state index in [9.17, 15) is 4.79 Å². The SMILES string of the molecule is Cc1cc(N)c(C#N)c(C(=O)CBr)c1. The molecule has 72 valence electrons. The summed E-state index contributed by atoms with van der Waals surface area (Å²) in [6.07, 6.45) is 0. The van der Waals surface area contributed by atoms with Crippen LogP contribution in [0.15, 0.2) is 12.1 Å². The van der Waals surface area contributed by atoms with Crippen molar-refractivity contribution in [1.29, 1.82) is 5.26 Å². The van der Waals surface area contributed by atoms with Crippen molar-refractivity contribution in [1.82, 2.24) is 0 Å². The molecule has 0 aliphatic rings. The zero-order chi connectivity index (χ0) is 10.7. The Kier molecular flexibility index (Phi) is 3.26. The number of rotatable bonds is 2. The normalized spacial score (nSPS) is 9.50. The van der Waals surface area contributed by atoms with Crippen molar-refractivity contribution in [3.05, 3.63) is 28.8 Å². The Hall–Kier alpha value is -1.34. The zero-order valence-corrected chi connectivity index (χ0v) is 9.26. The fourth-order valence-electron chi connectivity index (χ4n) is 1.23. The van der Waals surface area contributed by atoms with Crippen molar-refractivity contribution in [2.45, 2.75) is 6.92 Å². The average molecular weight is 253 g/mol. The Labute approximate surface area is 90.7 Å². The second kappa shape index (κ2) is 4.25. The first kappa shape index (κ1) is 10.7. The minimum absolute atomic E-state index is 0.128. The monoisotopic (exact) mass is 252 g/mol. The second-order valence-electron chi connectivity index (χ2n) is 2.95. The molecule has 0 aliphatic carbocycles. The largest absolute Gasteiger partial charge is 0.398 e. The van der Waals surface area contributed by atoms with Gasteiger partial charge in [-0.3, -0.25) is 4.79 Å². The zero-order valence-electron chi connectivity index (χ0n) is 7.67. The van der Waals surface area contributed by atoms with Gasteiger partial charge in [0, 0.05) is 5.56 Å². The molecule has 1 aromatic rings. The quantitative estimate of drug-likeness (QED) is 0.498. The van der Waals surface area contributed by atoms with Gasteiger partial charge in [-0.2, -0.15) is 5.26 Å². The molecule has 1 rings (SSSR count). The number of halogens is 1. The number of aryl methyl sites for hydroxylation is 1. The first-order valence-electron chi connectivity index (χ1n) is 3.99. The summed E-state index contributed by atoms with van der Waals surface area (Å²) in [4.78, 5) is 11.4. The molecule has 0 spiro atoms. The third-order valence-corrected chi connectivity index (χ3v) is 2.36. The van der Waals surface area contributed by atoms with E-state index in [0.717, 1.165) is 5.56 Å². The molecule has 14 heavy (non-hydrogen) atoms. The van der Waals surface area contributed by atoms with Gasteiger partial charge in [-0.15, -0.1) is 0 Å². The highest BCUT2D eigenvalue weighted by Gasteiger charge is 2.13. The summed E-state index contributed by atoms with van der Waals surface area (Å²) >= 11 is 3.06. The lowest BCUT2D eigenvalue weighted by molar-refractivity contribution is 0.102. The lowest BCUT2D eigenvalue weighted by atomic mass is 10.0. The minimum Gasteiger partial charge on any atom is -0.398 e. The summed E-state index contributed by atoms with van der Waals surface area (Å²) in [7, 11) is 0. The Bertz CT molecular complexity index is 421. The Morgan fingerprint density at radius 3 is 2.79 bits per heavy atom. The molecule has 0 atom stereocenters. The molecule has 0 saturated heterocycles. The van der Waals surface area contributed by atoms with E-state index in [1.165, 1.54) is 0 Å². The van der Waals surface area contributed by atoms with Gasteiger partial charge >= 0.3 is 0 Å². The van der Waals surface area contributed by atoms with Gasteiger partial charge in [0.05, 0.1) is 16.6 Å². The number of nitriles is 1. The third-order valence-electron chi connectivity index (χ3n) is 1.85. The molecule has 0 unspecified atom stereocenters. The van der Waals surface area contributed by atoms with Crippen LogP contribution in [-0.4, -0.2) is 11.1 Å². The Morgan fingerprint density at radius 2 is 2.29 bits per heavy atom. The van der Waals surface area contributed by atoms with Crippen molar-refractivity contribution in [2.24, 2.45) is 0 Å². The standard InChI is InChI=1S/C10H9BrN2O/c1-6-2-7(10(14)4-11)8(5-12)9(13)3-6/h2-3H,4,13H2,1H3. The highest BCUT2D eigenvalue weighted by Crippen LogP contribution is 2.19. The number of nitrogens with two attached hydrogens (primary N) is 1. The van der Waals surface area contributed by atoms with Gasteiger partial charge in [-0.1, -0.05) is 15.9 Å². The Balaban J connectivity index is 3.41. The molecule has 1 aromatic carbocycles. The molecule has 0 fully saturated rings. The maximum Gasteiger partial charge on any atom is 0.174 e. The van der Waals surface area contributed by atoms with Crippen molar-refractivity contribution < 1.29 is 4.79 Å². The van der Waals surface area contributed by atoms with Gasteiger partial charge in [0.15, 0.2) is 5.78 Å². The van der Waals surface area contributed by atoms with Gasteiger partial charge < -0.3 is 5.73 Å². The van der Waals surface area contributed by atoms with Crippen LogP contribution in [0.1, 0.15) is 21.5 Å². The smallest absolute Gasteiger partial charge is 0.174 e. The second-order valence-corrected chi connectivity index (χ2v) is 3.51. The number of carbonyl (C=O) groups is 1. The predicted octanol–water partition coefficient (Wildman–Crippen LogP) is 2.03. The van der Waals surface area contributed by atoms with Crippen LogP contribution in [0.5, 0.6) is 0 Å². The van der Waals surface area contributed by atoms with Crippen LogP contribution in [-0.2, 0) is 0 Å². The molecule has 0 radical (unpaired) electrons. The van der Waals surface area contributed by atoms with E-state index in [-0.39, 0.29) is 16.7 Å². The number of hydrogen-bond donors (Lipinski definition) is 1. The van der Waals surface area contributed by atoms with Gasteiger partial charge in [0.1, 0.15) is 6.07 Å². The lowest BCUT2D eigenvalue weighted by Gasteiger charge is -2.05. The van der Waals surface area contributed by atoms with Crippen LogP contribution >= 0.6 is 15.9 Å². The van der Waals surface area contributed by atoms with E-state index in [4.69, 9.17) is 11.0 Å². The summed E-state index contributed by atoms with van der Waals surface area (Å²) in [5, 5.41) is 9.04. The van der Waals surface area contributed by atoms with Crippen LogP contribution < -0.4 is 5.73 Å². The van der Waals surface area contributed by atoms with Crippen LogP contribution in [0, 0.1) is 18.3 Å². The molecule has 0 aliphatic heterocycles. The van der Waals surface area contributed by atoms with Crippen molar-refractivity contribution in [3.8, 4) is 6.07 Å². The number of carbonyl (C=O) groups excluding carboxylic acids is 1. The molecular weight excluding hydrogens is 244 g/mol. The molecule has 4 heteroatoms. The summed E-state index contributed by atoms with van der Waals surface area (Å²) in [5.41, 5.74) is 7.53. The van der Waals surface area contributed by atoms with Crippen LogP contribution in [0.4, 0.5) is 5.69 Å². The fraction of sp³-hybridized carbons (Fsp3) is 0.200. The van der Waals surface area contributed by atoms with E-state index >= 15 is 0 Å².